The van der Waals surface area contributed by atoms with Crippen molar-refractivity contribution in [2.75, 3.05) is 0 Å². The molecule has 1 aromatic heterocycles. The number of carbonyl (C=O) groups excluding carboxylic acids is 1. The molecule has 0 aliphatic heterocycles. The molecule has 0 bridgehead atoms. The first kappa shape index (κ1) is 19.1. The van der Waals surface area contributed by atoms with Crippen LogP contribution in [0.1, 0.15) is 37.3 Å². The van der Waals surface area contributed by atoms with Crippen molar-refractivity contribution in [3.63, 3.8) is 0 Å². The number of unbranched alkanes of at least 4 members (excludes halogenated alkanes) is 1. The van der Waals surface area contributed by atoms with Gasteiger partial charge in [0.2, 0.25) is 11.8 Å². The van der Waals surface area contributed by atoms with Crippen LogP contribution in [0.3, 0.4) is 0 Å². The Bertz CT molecular complexity index is 916. The average Bonchev–Trinajstić information content (AvgIpc) is 2.61. The molecule has 1 heterocycles. The van der Waals surface area contributed by atoms with Gasteiger partial charge in [0.25, 0.3) is 5.56 Å². The van der Waals surface area contributed by atoms with Crippen LogP contribution in [0.5, 0.6) is 5.88 Å². The van der Waals surface area contributed by atoms with Crippen molar-refractivity contribution in [1.82, 2.24) is 15.0 Å². The number of aromatic hydroxyl groups is 1. The van der Waals surface area contributed by atoms with E-state index in [4.69, 9.17) is 0 Å². The minimum atomic E-state index is -0.839. The number of nitrogens with one attached hydrogen (secondary N) is 2. The number of aromatic amines is 1. The van der Waals surface area contributed by atoms with Crippen LogP contribution in [0.4, 0.5) is 4.39 Å². The highest BCUT2D eigenvalue weighted by atomic mass is 19.1. The Balaban J connectivity index is 2.25. The Kier molecular flexibility index (Phi) is 6.42. The lowest BCUT2D eigenvalue weighted by molar-refractivity contribution is -0.121. The van der Waals surface area contributed by atoms with E-state index in [1.165, 1.54) is 24.3 Å². The quantitative estimate of drug-likeness (QED) is 0.504. The van der Waals surface area contributed by atoms with Gasteiger partial charge in [-0.1, -0.05) is 25.5 Å². The van der Waals surface area contributed by atoms with Crippen LogP contribution in [0.2, 0.25) is 0 Å². The lowest BCUT2D eigenvalue weighted by Crippen LogP contribution is -2.32. The molecule has 0 fully saturated rings. The molecule has 0 atom stereocenters. The fraction of sp³-hybridized carbons (Fsp3) is 0.294. The van der Waals surface area contributed by atoms with Crippen molar-refractivity contribution in [3.8, 4) is 5.88 Å². The standard InChI is InChI=1S/C17H19FN4O4/c1-2-3-4-14(23)21-19-9-13-15(24)20-17(26)22(16(13)25)10-11-5-7-12(18)8-6-11/h5-9,25H,2-4,10H2,1H3,(H,21,23)(H,20,24,26)/b19-9+. The van der Waals surface area contributed by atoms with Crippen LogP contribution >= 0.6 is 0 Å². The highest BCUT2D eigenvalue weighted by Gasteiger charge is 2.13. The van der Waals surface area contributed by atoms with E-state index in [2.05, 4.69) is 15.5 Å². The van der Waals surface area contributed by atoms with Crippen molar-refractivity contribution in [1.29, 1.82) is 0 Å². The zero-order chi connectivity index (χ0) is 19.1. The number of nitrogens with zero attached hydrogens (tertiary/aromatic N) is 2. The normalized spacial score (nSPS) is 11.0. The second-order valence-electron chi connectivity index (χ2n) is 5.61. The van der Waals surface area contributed by atoms with Gasteiger partial charge in [0.05, 0.1) is 12.8 Å². The largest absolute Gasteiger partial charge is 0.494 e. The molecule has 0 unspecified atom stereocenters. The van der Waals surface area contributed by atoms with Crippen molar-refractivity contribution in [2.45, 2.75) is 32.7 Å². The van der Waals surface area contributed by atoms with Gasteiger partial charge < -0.3 is 5.11 Å². The summed E-state index contributed by atoms with van der Waals surface area (Å²) < 4.78 is 13.9. The topological polar surface area (TPSA) is 117 Å². The molecule has 0 saturated carbocycles. The van der Waals surface area contributed by atoms with Gasteiger partial charge in [-0.25, -0.2) is 14.6 Å². The summed E-state index contributed by atoms with van der Waals surface area (Å²) in [6.45, 7) is 1.86. The van der Waals surface area contributed by atoms with Gasteiger partial charge in [-0.05, 0) is 24.1 Å². The molecule has 26 heavy (non-hydrogen) atoms. The van der Waals surface area contributed by atoms with Gasteiger partial charge in [0.1, 0.15) is 11.4 Å². The third-order valence-electron chi connectivity index (χ3n) is 3.60. The van der Waals surface area contributed by atoms with E-state index in [1.54, 1.807) is 0 Å². The van der Waals surface area contributed by atoms with E-state index in [-0.39, 0.29) is 18.0 Å². The average molecular weight is 362 g/mol. The number of amides is 1. The molecular weight excluding hydrogens is 343 g/mol. The second kappa shape index (κ2) is 8.75. The predicted molar refractivity (Wildman–Crippen MR) is 93.8 cm³/mol. The van der Waals surface area contributed by atoms with E-state index in [0.717, 1.165) is 17.2 Å². The third kappa shape index (κ3) is 4.88. The van der Waals surface area contributed by atoms with Crippen LogP contribution in [0.15, 0.2) is 39.0 Å². The molecule has 2 rings (SSSR count). The van der Waals surface area contributed by atoms with Gasteiger partial charge in [0, 0.05) is 6.42 Å². The molecule has 0 aliphatic rings. The molecule has 138 valence electrons. The molecule has 8 nitrogen and oxygen atoms in total. The molecule has 0 saturated heterocycles. The molecule has 3 N–H and O–H groups in total. The maximum atomic E-state index is 13.0. The molecule has 2 aromatic rings. The van der Waals surface area contributed by atoms with Crippen molar-refractivity contribution in [3.05, 3.63) is 62.0 Å². The van der Waals surface area contributed by atoms with Gasteiger partial charge in [-0.3, -0.25) is 19.1 Å². The van der Waals surface area contributed by atoms with Crippen LogP contribution < -0.4 is 16.7 Å². The molecule has 0 spiro atoms. The van der Waals surface area contributed by atoms with Gasteiger partial charge in [-0.15, -0.1) is 0 Å². The molecule has 0 aliphatic carbocycles. The van der Waals surface area contributed by atoms with E-state index in [9.17, 15) is 23.9 Å². The summed E-state index contributed by atoms with van der Waals surface area (Å²) in [4.78, 5) is 37.4. The van der Waals surface area contributed by atoms with Crippen LogP contribution in [-0.2, 0) is 11.3 Å². The fourth-order valence-electron chi connectivity index (χ4n) is 2.17. The Morgan fingerprint density at radius 2 is 2.04 bits per heavy atom. The van der Waals surface area contributed by atoms with Gasteiger partial charge in [-0.2, -0.15) is 5.10 Å². The number of benzene rings is 1. The summed E-state index contributed by atoms with van der Waals surface area (Å²) in [6.07, 6.45) is 2.82. The first-order chi connectivity index (χ1) is 12.4. The van der Waals surface area contributed by atoms with Gasteiger partial charge >= 0.3 is 5.69 Å². The summed E-state index contributed by atoms with van der Waals surface area (Å²) in [6, 6.07) is 5.34. The number of H-pyrrole nitrogens is 1. The zero-order valence-electron chi connectivity index (χ0n) is 14.2. The molecule has 9 heteroatoms. The highest BCUT2D eigenvalue weighted by molar-refractivity contribution is 5.84. The van der Waals surface area contributed by atoms with Crippen LogP contribution in [0, 0.1) is 5.82 Å². The third-order valence-corrected chi connectivity index (χ3v) is 3.60. The maximum absolute atomic E-state index is 13.0. The maximum Gasteiger partial charge on any atom is 0.331 e. The Hall–Kier alpha value is -3.23. The minimum absolute atomic E-state index is 0.0780. The number of hydrogen-bond donors (Lipinski definition) is 3. The van der Waals surface area contributed by atoms with Crippen molar-refractivity contribution >= 4 is 12.1 Å². The molecular formula is C17H19FN4O4. The highest BCUT2D eigenvalue weighted by Crippen LogP contribution is 2.11. The summed E-state index contributed by atoms with van der Waals surface area (Å²) in [7, 11) is 0. The number of halogens is 1. The lowest BCUT2D eigenvalue weighted by atomic mass is 10.2. The number of rotatable bonds is 7. The monoisotopic (exact) mass is 362 g/mol. The summed E-state index contributed by atoms with van der Waals surface area (Å²) in [5, 5.41) is 13.9. The fourth-order valence-corrected chi connectivity index (χ4v) is 2.17. The first-order valence-corrected chi connectivity index (χ1v) is 8.04. The van der Waals surface area contributed by atoms with Crippen LogP contribution in [0.25, 0.3) is 0 Å². The predicted octanol–water partition coefficient (Wildman–Crippen LogP) is 1.07. The van der Waals surface area contributed by atoms with Crippen molar-refractivity contribution < 1.29 is 14.3 Å². The molecule has 1 amide bonds. The van der Waals surface area contributed by atoms with Crippen LogP contribution in [-0.4, -0.2) is 26.8 Å². The second-order valence-corrected chi connectivity index (χ2v) is 5.61. The summed E-state index contributed by atoms with van der Waals surface area (Å²) in [5.41, 5.74) is 0.863. The van der Waals surface area contributed by atoms with E-state index in [1.807, 2.05) is 6.92 Å². The zero-order valence-corrected chi connectivity index (χ0v) is 14.2. The molecule has 0 radical (unpaired) electrons. The number of hydrogen-bond acceptors (Lipinski definition) is 5. The first-order valence-electron chi connectivity index (χ1n) is 8.04. The number of aromatic nitrogens is 2. The Morgan fingerprint density at radius 3 is 2.69 bits per heavy atom. The summed E-state index contributed by atoms with van der Waals surface area (Å²) in [5.74, 6) is -1.35. The smallest absolute Gasteiger partial charge is 0.331 e. The van der Waals surface area contributed by atoms with E-state index in [0.29, 0.717) is 18.4 Å². The Morgan fingerprint density at radius 1 is 1.35 bits per heavy atom. The van der Waals surface area contributed by atoms with Crippen molar-refractivity contribution in [2.24, 2.45) is 5.10 Å². The van der Waals surface area contributed by atoms with E-state index >= 15 is 0 Å². The lowest BCUT2D eigenvalue weighted by Gasteiger charge is -2.09. The van der Waals surface area contributed by atoms with Gasteiger partial charge in [0.15, 0.2) is 0 Å². The Labute approximate surface area is 148 Å². The number of carbonyl (C=O) groups is 1. The summed E-state index contributed by atoms with van der Waals surface area (Å²) >= 11 is 0. The minimum Gasteiger partial charge on any atom is -0.494 e. The molecule has 1 aromatic carbocycles. The SMILES string of the molecule is CCCCC(=O)N/N=C/c1c(O)n(Cc2ccc(F)cc2)c(=O)[nH]c1=O. The number of hydrazone groups is 1. The van der Waals surface area contributed by atoms with E-state index < -0.39 is 22.9 Å².